The first kappa shape index (κ1) is 14.9. The third-order valence-corrected chi connectivity index (χ3v) is 3.70. The number of anilines is 1. The lowest BCUT2D eigenvalue weighted by Crippen LogP contribution is -2.13. The zero-order chi connectivity index (χ0) is 15.1. The van der Waals surface area contributed by atoms with Crippen molar-refractivity contribution < 1.29 is 9.53 Å². The van der Waals surface area contributed by atoms with Crippen LogP contribution in [0.1, 0.15) is 5.56 Å². The molecule has 5 heteroatoms. The molecule has 21 heavy (non-hydrogen) atoms. The third-order valence-electron chi connectivity index (χ3n) is 2.71. The van der Waals surface area contributed by atoms with Crippen molar-refractivity contribution in [3.63, 3.8) is 0 Å². The number of ether oxygens (including phenoxy) is 1. The smallest absolute Gasteiger partial charge is 0.234 e. The van der Waals surface area contributed by atoms with Gasteiger partial charge in [-0.2, -0.15) is 5.26 Å². The number of methoxy groups -OCH3 is 1. The minimum atomic E-state index is -0.0903. The number of benzene rings is 2. The molecule has 0 heterocycles. The molecule has 4 nitrogen and oxygen atoms in total. The Labute approximate surface area is 127 Å². The molecule has 0 saturated heterocycles. The summed E-state index contributed by atoms with van der Waals surface area (Å²) in [5, 5.41) is 11.5. The predicted octanol–water partition coefficient (Wildman–Crippen LogP) is 3.30. The van der Waals surface area contributed by atoms with Crippen molar-refractivity contribution in [2.45, 2.75) is 4.90 Å². The summed E-state index contributed by atoms with van der Waals surface area (Å²) in [5.41, 5.74) is 1.25. The van der Waals surface area contributed by atoms with Gasteiger partial charge >= 0.3 is 0 Å². The quantitative estimate of drug-likeness (QED) is 0.860. The zero-order valence-corrected chi connectivity index (χ0v) is 12.3. The van der Waals surface area contributed by atoms with Gasteiger partial charge in [0.2, 0.25) is 5.91 Å². The first-order valence-corrected chi connectivity index (χ1v) is 7.26. The summed E-state index contributed by atoms with van der Waals surface area (Å²) in [6, 6.07) is 16.4. The lowest BCUT2D eigenvalue weighted by atomic mass is 10.2. The highest BCUT2D eigenvalue weighted by atomic mass is 32.2. The Morgan fingerprint density at radius 2 is 2.05 bits per heavy atom. The number of rotatable bonds is 5. The van der Waals surface area contributed by atoms with E-state index < -0.39 is 0 Å². The summed E-state index contributed by atoms with van der Waals surface area (Å²) in [7, 11) is 1.61. The molecule has 2 aromatic rings. The van der Waals surface area contributed by atoms with Crippen molar-refractivity contribution in [1.29, 1.82) is 5.26 Å². The van der Waals surface area contributed by atoms with Crippen LogP contribution >= 0.6 is 11.8 Å². The number of carbonyl (C=O) groups excluding carboxylic acids is 1. The fourth-order valence-corrected chi connectivity index (χ4v) is 2.41. The van der Waals surface area contributed by atoms with Crippen LogP contribution in [0.3, 0.4) is 0 Å². The first-order chi connectivity index (χ1) is 10.2. The molecule has 0 saturated carbocycles. The number of amides is 1. The molecular weight excluding hydrogens is 284 g/mol. The van der Waals surface area contributed by atoms with Gasteiger partial charge in [-0.15, -0.1) is 11.8 Å². The number of carbonyl (C=O) groups is 1. The lowest BCUT2D eigenvalue weighted by molar-refractivity contribution is -0.113. The van der Waals surface area contributed by atoms with E-state index in [-0.39, 0.29) is 5.91 Å². The highest BCUT2D eigenvalue weighted by molar-refractivity contribution is 8.00. The number of thioether (sulfide) groups is 1. The standard InChI is InChI=1S/C16H14N2O2S/c1-20-14-3-2-4-15(9-14)21-11-16(19)18-13-7-5-12(10-17)6-8-13/h2-9H,11H2,1H3,(H,18,19). The Morgan fingerprint density at radius 3 is 2.71 bits per heavy atom. The second-order valence-corrected chi connectivity index (χ2v) is 5.25. The van der Waals surface area contributed by atoms with Gasteiger partial charge in [-0.05, 0) is 42.5 Å². The fraction of sp³-hybridized carbons (Fsp3) is 0.125. The fourth-order valence-electron chi connectivity index (χ4n) is 1.67. The lowest BCUT2D eigenvalue weighted by Gasteiger charge is -2.06. The van der Waals surface area contributed by atoms with Crippen LogP contribution in [0.2, 0.25) is 0 Å². The van der Waals surface area contributed by atoms with Crippen molar-refractivity contribution in [2.75, 3.05) is 18.2 Å². The van der Waals surface area contributed by atoms with Crippen molar-refractivity contribution >= 4 is 23.4 Å². The van der Waals surface area contributed by atoms with E-state index in [0.717, 1.165) is 10.6 Å². The van der Waals surface area contributed by atoms with Crippen molar-refractivity contribution in [3.05, 3.63) is 54.1 Å². The van der Waals surface area contributed by atoms with Gasteiger partial charge in [-0.3, -0.25) is 4.79 Å². The van der Waals surface area contributed by atoms with E-state index >= 15 is 0 Å². The van der Waals surface area contributed by atoms with Crippen LogP contribution in [-0.4, -0.2) is 18.8 Å². The van der Waals surface area contributed by atoms with E-state index in [4.69, 9.17) is 10.00 Å². The summed E-state index contributed by atoms with van der Waals surface area (Å²) in [5.74, 6) is 0.993. The van der Waals surface area contributed by atoms with Gasteiger partial charge in [-0.25, -0.2) is 0 Å². The number of hydrogen-bond donors (Lipinski definition) is 1. The molecule has 0 aliphatic carbocycles. The van der Waals surface area contributed by atoms with Gasteiger partial charge in [-0.1, -0.05) is 6.07 Å². The summed E-state index contributed by atoms with van der Waals surface area (Å²) in [4.78, 5) is 12.8. The summed E-state index contributed by atoms with van der Waals surface area (Å²) in [6.07, 6.45) is 0. The topological polar surface area (TPSA) is 62.1 Å². The van der Waals surface area contributed by atoms with Crippen LogP contribution in [0.4, 0.5) is 5.69 Å². The molecule has 0 spiro atoms. The predicted molar refractivity (Wildman–Crippen MR) is 83.5 cm³/mol. The van der Waals surface area contributed by atoms with Gasteiger partial charge in [0.25, 0.3) is 0 Å². The molecule has 2 rings (SSSR count). The summed E-state index contributed by atoms with van der Waals surface area (Å²) >= 11 is 1.44. The summed E-state index contributed by atoms with van der Waals surface area (Å²) < 4.78 is 5.14. The first-order valence-electron chi connectivity index (χ1n) is 6.28. The molecule has 0 radical (unpaired) electrons. The van der Waals surface area contributed by atoms with Crippen LogP contribution < -0.4 is 10.1 Å². The van der Waals surface area contributed by atoms with Crippen molar-refractivity contribution in [1.82, 2.24) is 0 Å². The van der Waals surface area contributed by atoms with Gasteiger partial charge in [0.1, 0.15) is 5.75 Å². The Kier molecular flexibility index (Phi) is 5.24. The van der Waals surface area contributed by atoms with Crippen LogP contribution in [0.15, 0.2) is 53.4 Å². The number of nitrogens with one attached hydrogen (secondary N) is 1. The van der Waals surface area contributed by atoms with Gasteiger partial charge in [0.05, 0.1) is 24.5 Å². The van der Waals surface area contributed by atoms with E-state index in [2.05, 4.69) is 5.32 Å². The molecule has 106 valence electrons. The molecule has 0 aliphatic rings. The zero-order valence-electron chi connectivity index (χ0n) is 11.5. The normalized spacial score (nSPS) is 9.71. The molecule has 1 N–H and O–H groups in total. The molecule has 0 unspecified atom stereocenters. The minimum absolute atomic E-state index is 0.0903. The van der Waals surface area contributed by atoms with Crippen LogP contribution in [-0.2, 0) is 4.79 Å². The highest BCUT2D eigenvalue weighted by Crippen LogP contribution is 2.22. The van der Waals surface area contributed by atoms with E-state index in [0.29, 0.717) is 17.0 Å². The van der Waals surface area contributed by atoms with Crippen LogP contribution in [0.25, 0.3) is 0 Å². The Hall–Kier alpha value is -2.45. The van der Waals surface area contributed by atoms with Crippen LogP contribution in [0, 0.1) is 11.3 Å². The molecular formula is C16H14N2O2S. The molecule has 0 aliphatic heterocycles. The molecule has 0 fully saturated rings. The maximum absolute atomic E-state index is 11.9. The summed E-state index contributed by atoms with van der Waals surface area (Å²) in [6.45, 7) is 0. The van der Waals surface area contributed by atoms with Gasteiger partial charge in [0.15, 0.2) is 0 Å². The van der Waals surface area contributed by atoms with Crippen molar-refractivity contribution in [3.8, 4) is 11.8 Å². The van der Waals surface area contributed by atoms with E-state index in [9.17, 15) is 4.79 Å². The molecule has 0 atom stereocenters. The minimum Gasteiger partial charge on any atom is -0.497 e. The second-order valence-electron chi connectivity index (χ2n) is 4.20. The highest BCUT2D eigenvalue weighted by Gasteiger charge is 2.04. The van der Waals surface area contributed by atoms with E-state index in [1.807, 2.05) is 30.3 Å². The molecule has 2 aromatic carbocycles. The second kappa shape index (κ2) is 7.36. The van der Waals surface area contributed by atoms with E-state index in [1.165, 1.54) is 11.8 Å². The van der Waals surface area contributed by atoms with E-state index in [1.54, 1.807) is 31.4 Å². The maximum atomic E-state index is 11.9. The Balaban J connectivity index is 1.88. The van der Waals surface area contributed by atoms with Crippen molar-refractivity contribution in [2.24, 2.45) is 0 Å². The van der Waals surface area contributed by atoms with Gasteiger partial charge in [0, 0.05) is 10.6 Å². The average molecular weight is 298 g/mol. The largest absolute Gasteiger partial charge is 0.497 e. The molecule has 0 aromatic heterocycles. The third kappa shape index (κ3) is 4.55. The molecule has 0 bridgehead atoms. The van der Waals surface area contributed by atoms with Gasteiger partial charge < -0.3 is 10.1 Å². The number of hydrogen-bond acceptors (Lipinski definition) is 4. The molecule has 1 amide bonds. The Bertz CT molecular complexity index is 663. The number of nitrogens with zero attached hydrogens (tertiary/aromatic N) is 1. The number of nitriles is 1. The Morgan fingerprint density at radius 1 is 1.29 bits per heavy atom. The SMILES string of the molecule is COc1cccc(SCC(=O)Nc2ccc(C#N)cc2)c1. The monoisotopic (exact) mass is 298 g/mol. The average Bonchev–Trinajstić information content (AvgIpc) is 2.54. The van der Waals surface area contributed by atoms with Crippen LogP contribution in [0.5, 0.6) is 5.75 Å². The maximum Gasteiger partial charge on any atom is 0.234 e.